The van der Waals surface area contributed by atoms with E-state index in [2.05, 4.69) is 91.0 Å². The third kappa shape index (κ3) is 3.45. The van der Waals surface area contributed by atoms with Crippen molar-refractivity contribution in [1.82, 2.24) is 0 Å². The Labute approximate surface area is 151 Å². The van der Waals surface area contributed by atoms with E-state index >= 15 is 0 Å². The van der Waals surface area contributed by atoms with Crippen LogP contribution in [0.25, 0.3) is 0 Å². The Morgan fingerprint density at radius 1 is 0.625 bits per heavy atom. The average molecular weight is 336 g/mol. The molecule has 0 bridgehead atoms. The van der Waals surface area contributed by atoms with Crippen LogP contribution in [0, 0.1) is 0 Å². The van der Waals surface area contributed by atoms with E-state index in [0.717, 1.165) is 19.0 Å². The number of benzene rings is 3. The lowest BCUT2D eigenvalue weighted by molar-refractivity contribution is 0.776. The van der Waals surface area contributed by atoms with E-state index < -0.39 is 14.1 Å². The number of rotatable bonds is 7. The molecule has 0 amide bonds. The SMILES string of the molecule is [2H]C([2H])([2H])CCCC[P+](c1ccccc1)(c1ccccc1)c1ccccc1. The Hall–Kier alpha value is -1.91. The predicted octanol–water partition coefficient (Wildman–Crippen LogP) is 5.17. The summed E-state index contributed by atoms with van der Waals surface area (Å²) in [6, 6.07) is 32.2. The minimum absolute atomic E-state index is 0.283. The summed E-state index contributed by atoms with van der Waals surface area (Å²) in [5.41, 5.74) is 0. The van der Waals surface area contributed by atoms with Crippen molar-refractivity contribution in [3.63, 3.8) is 0 Å². The normalized spacial score (nSPS) is 13.8. The molecule has 122 valence electrons. The first-order valence-corrected chi connectivity index (χ1v) is 10.5. The lowest BCUT2D eigenvalue weighted by Gasteiger charge is -2.27. The lowest BCUT2D eigenvalue weighted by Crippen LogP contribution is -2.33. The van der Waals surface area contributed by atoms with Crippen LogP contribution in [-0.4, -0.2) is 6.16 Å². The maximum absolute atomic E-state index is 7.50. The molecule has 0 spiro atoms. The van der Waals surface area contributed by atoms with Crippen molar-refractivity contribution >= 4 is 23.2 Å². The molecule has 0 aliphatic heterocycles. The van der Waals surface area contributed by atoms with Gasteiger partial charge in [-0.15, -0.1) is 0 Å². The maximum Gasteiger partial charge on any atom is 0.112 e. The number of hydrogen-bond acceptors (Lipinski definition) is 0. The van der Waals surface area contributed by atoms with E-state index in [9.17, 15) is 0 Å². The largest absolute Gasteiger partial charge is 0.112 e. The highest BCUT2D eigenvalue weighted by molar-refractivity contribution is 7.95. The topological polar surface area (TPSA) is 0 Å². The number of unbranched alkanes of at least 4 members (excludes halogenated alkanes) is 1. The molecular formula is C23H26P+. The fourth-order valence-corrected chi connectivity index (χ4v) is 7.77. The second kappa shape index (κ2) is 8.27. The van der Waals surface area contributed by atoms with E-state index in [1.807, 2.05) is 0 Å². The Kier molecular flexibility index (Phi) is 4.61. The molecule has 0 unspecified atom stereocenters. The van der Waals surface area contributed by atoms with Crippen molar-refractivity contribution in [1.29, 1.82) is 0 Å². The molecule has 0 radical (unpaired) electrons. The summed E-state index contributed by atoms with van der Waals surface area (Å²) in [6.07, 6.45) is 2.90. The fourth-order valence-electron chi connectivity index (χ4n) is 3.36. The molecule has 0 aliphatic rings. The highest BCUT2D eigenvalue weighted by Crippen LogP contribution is 2.55. The molecule has 0 saturated carbocycles. The van der Waals surface area contributed by atoms with E-state index in [0.29, 0.717) is 0 Å². The molecule has 3 aromatic carbocycles. The maximum atomic E-state index is 7.50. The van der Waals surface area contributed by atoms with Crippen molar-refractivity contribution < 1.29 is 4.11 Å². The van der Waals surface area contributed by atoms with Gasteiger partial charge in [-0.1, -0.05) is 74.3 Å². The van der Waals surface area contributed by atoms with Crippen LogP contribution in [0.4, 0.5) is 0 Å². The first-order valence-electron chi connectivity index (χ1n) is 10.1. The van der Waals surface area contributed by atoms with Gasteiger partial charge in [-0.05, 0) is 42.8 Å². The van der Waals surface area contributed by atoms with Crippen molar-refractivity contribution in [3.05, 3.63) is 91.0 Å². The molecule has 24 heavy (non-hydrogen) atoms. The molecule has 0 nitrogen and oxygen atoms in total. The van der Waals surface area contributed by atoms with Crippen LogP contribution < -0.4 is 15.9 Å². The van der Waals surface area contributed by atoms with Crippen LogP contribution in [0.15, 0.2) is 91.0 Å². The van der Waals surface area contributed by atoms with Crippen LogP contribution in [0.2, 0.25) is 0 Å². The smallest absolute Gasteiger partial charge is 0.0654 e. The van der Waals surface area contributed by atoms with Gasteiger partial charge in [0.1, 0.15) is 23.2 Å². The summed E-state index contributed by atoms with van der Waals surface area (Å²) in [4.78, 5) is 0. The molecule has 0 fully saturated rings. The molecule has 0 heterocycles. The summed E-state index contributed by atoms with van der Waals surface area (Å²) in [6.45, 7) is -1.84. The van der Waals surface area contributed by atoms with Crippen molar-refractivity contribution in [2.24, 2.45) is 0 Å². The van der Waals surface area contributed by atoms with E-state index in [-0.39, 0.29) is 6.42 Å². The minimum atomic E-state index is -1.84. The zero-order chi connectivity index (χ0) is 19.2. The van der Waals surface area contributed by atoms with Gasteiger partial charge in [0.05, 0.1) is 6.16 Å². The third-order valence-corrected chi connectivity index (χ3v) is 9.04. The highest BCUT2D eigenvalue weighted by atomic mass is 31.2. The van der Waals surface area contributed by atoms with Crippen molar-refractivity contribution in [2.45, 2.75) is 26.1 Å². The van der Waals surface area contributed by atoms with Gasteiger partial charge >= 0.3 is 0 Å². The average Bonchev–Trinajstić information content (AvgIpc) is 2.70. The van der Waals surface area contributed by atoms with Gasteiger partial charge in [0.2, 0.25) is 0 Å². The summed E-state index contributed by atoms with van der Waals surface area (Å²) in [7, 11) is -1.82. The zero-order valence-corrected chi connectivity index (χ0v) is 14.8. The summed E-state index contributed by atoms with van der Waals surface area (Å²) >= 11 is 0. The van der Waals surface area contributed by atoms with Crippen LogP contribution in [0.1, 0.15) is 30.2 Å². The van der Waals surface area contributed by atoms with Gasteiger partial charge in [-0.25, -0.2) is 0 Å². The van der Waals surface area contributed by atoms with Crippen LogP contribution in [-0.2, 0) is 0 Å². The molecule has 3 aromatic rings. The lowest BCUT2D eigenvalue weighted by atomic mass is 10.3. The van der Waals surface area contributed by atoms with E-state index in [4.69, 9.17) is 4.11 Å². The molecule has 0 aromatic heterocycles. The zero-order valence-electron chi connectivity index (χ0n) is 16.9. The quantitative estimate of drug-likeness (QED) is 0.412. The van der Waals surface area contributed by atoms with Gasteiger partial charge in [0.15, 0.2) is 0 Å². The summed E-state index contributed by atoms with van der Waals surface area (Å²) in [5.74, 6) is 0. The first kappa shape index (κ1) is 13.4. The molecule has 0 aliphatic carbocycles. The van der Waals surface area contributed by atoms with E-state index in [1.165, 1.54) is 15.9 Å². The predicted molar refractivity (Wildman–Crippen MR) is 110 cm³/mol. The summed E-state index contributed by atoms with van der Waals surface area (Å²) < 4.78 is 22.5. The van der Waals surface area contributed by atoms with E-state index in [1.54, 1.807) is 0 Å². The third-order valence-electron chi connectivity index (χ3n) is 4.51. The van der Waals surface area contributed by atoms with Crippen LogP contribution in [0.3, 0.4) is 0 Å². The second-order valence-electron chi connectivity index (χ2n) is 6.00. The molecule has 0 atom stereocenters. The Morgan fingerprint density at radius 3 is 1.42 bits per heavy atom. The Balaban J connectivity index is 2.06. The molecule has 0 N–H and O–H groups in total. The fraction of sp³-hybridized carbons (Fsp3) is 0.217. The van der Waals surface area contributed by atoms with Crippen LogP contribution >= 0.6 is 7.26 Å². The molecule has 0 saturated heterocycles. The van der Waals surface area contributed by atoms with Gasteiger partial charge in [0.25, 0.3) is 0 Å². The Bertz CT molecular complexity index is 718. The van der Waals surface area contributed by atoms with Gasteiger partial charge in [-0.3, -0.25) is 0 Å². The van der Waals surface area contributed by atoms with Crippen molar-refractivity contribution in [2.75, 3.05) is 6.16 Å². The van der Waals surface area contributed by atoms with Gasteiger partial charge in [0, 0.05) is 4.11 Å². The Morgan fingerprint density at radius 2 is 1.04 bits per heavy atom. The summed E-state index contributed by atoms with van der Waals surface area (Å²) in [5, 5.41) is 4.07. The van der Waals surface area contributed by atoms with Crippen molar-refractivity contribution in [3.8, 4) is 0 Å². The van der Waals surface area contributed by atoms with Gasteiger partial charge < -0.3 is 0 Å². The molecular weight excluding hydrogens is 307 g/mol. The second-order valence-corrected chi connectivity index (χ2v) is 9.61. The first-order chi connectivity index (χ1) is 13.0. The molecule has 1 heteroatoms. The molecule has 3 rings (SSSR count). The minimum Gasteiger partial charge on any atom is -0.0654 e. The highest BCUT2D eigenvalue weighted by Gasteiger charge is 2.44. The van der Waals surface area contributed by atoms with Gasteiger partial charge in [-0.2, -0.15) is 0 Å². The van der Waals surface area contributed by atoms with Crippen LogP contribution in [0.5, 0.6) is 0 Å². The standard InChI is InChI=1S/C23H26P/c1-2-3-13-20-24(21-14-7-4-8-15-21,22-16-9-5-10-17-22)23-18-11-6-12-19-23/h4-12,14-19H,2-3,13,20H2,1H3/q+1/i1D3. The number of hydrogen-bond donors (Lipinski definition) is 0. The monoisotopic (exact) mass is 336 g/mol.